The second-order valence-corrected chi connectivity index (χ2v) is 6.28. The van der Waals surface area contributed by atoms with Gasteiger partial charge in [0.1, 0.15) is 0 Å². The summed E-state index contributed by atoms with van der Waals surface area (Å²) in [6.45, 7) is 11.7. The van der Waals surface area contributed by atoms with Crippen LogP contribution in [0.3, 0.4) is 0 Å². The quantitative estimate of drug-likeness (QED) is 0.313. The summed E-state index contributed by atoms with van der Waals surface area (Å²) in [6.07, 6.45) is 17.1. The summed E-state index contributed by atoms with van der Waals surface area (Å²) in [5.41, 5.74) is 0. The maximum atomic E-state index is 2.69. The molecular weight excluding hydrogens is 242 g/mol. The summed E-state index contributed by atoms with van der Waals surface area (Å²) in [6, 6.07) is 0.855. The molecule has 0 N–H and O–H groups in total. The number of nitrogens with zero attached hydrogens (tertiary/aromatic N) is 1. The lowest BCUT2D eigenvalue weighted by atomic mass is 9.99. The van der Waals surface area contributed by atoms with Crippen LogP contribution in [0.5, 0.6) is 0 Å². The van der Waals surface area contributed by atoms with Crippen LogP contribution < -0.4 is 0 Å². The van der Waals surface area contributed by atoms with E-state index in [2.05, 4.69) is 32.6 Å². The summed E-state index contributed by atoms with van der Waals surface area (Å²) < 4.78 is 0. The standard InChI is InChI=1S/C19H41N/c1-5-9-11-13-15-17-19(20(7-3)8-4)18-16-14-12-10-6-2/h19H,5-18H2,1-4H3. The summed E-state index contributed by atoms with van der Waals surface area (Å²) in [4.78, 5) is 2.69. The van der Waals surface area contributed by atoms with E-state index in [1.807, 2.05) is 0 Å². The average molecular weight is 284 g/mol. The third-order valence-electron chi connectivity index (χ3n) is 4.61. The molecule has 0 fully saturated rings. The van der Waals surface area contributed by atoms with Gasteiger partial charge in [-0.2, -0.15) is 0 Å². The van der Waals surface area contributed by atoms with E-state index in [9.17, 15) is 0 Å². The van der Waals surface area contributed by atoms with Crippen molar-refractivity contribution >= 4 is 0 Å². The zero-order chi connectivity index (χ0) is 15.1. The first-order chi connectivity index (χ1) is 9.79. The van der Waals surface area contributed by atoms with Crippen molar-refractivity contribution < 1.29 is 0 Å². The van der Waals surface area contributed by atoms with Crippen LogP contribution in [0.15, 0.2) is 0 Å². The van der Waals surface area contributed by atoms with Crippen LogP contribution in [0, 0.1) is 0 Å². The molecule has 0 spiro atoms. The molecule has 122 valence electrons. The van der Waals surface area contributed by atoms with Gasteiger partial charge in [0.05, 0.1) is 0 Å². The molecule has 0 amide bonds. The van der Waals surface area contributed by atoms with E-state index < -0.39 is 0 Å². The van der Waals surface area contributed by atoms with Crippen molar-refractivity contribution in [1.29, 1.82) is 0 Å². The fourth-order valence-electron chi connectivity index (χ4n) is 3.22. The van der Waals surface area contributed by atoms with Gasteiger partial charge in [0, 0.05) is 6.04 Å². The van der Waals surface area contributed by atoms with Crippen molar-refractivity contribution in [3.05, 3.63) is 0 Å². The fourth-order valence-corrected chi connectivity index (χ4v) is 3.22. The lowest BCUT2D eigenvalue weighted by molar-refractivity contribution is 0.188. The molecule has 0 bridgehead atoms. The van der Waals surface area contributed by atoms with Crippen molar-refractivity contribution in [3.8, 4) is 0 Å². The van der Waals surface area contributed by atoms with Crippen LogP contribution >= 0.6 is 0 Å². The molecule has 0 rings (SSSR count). The number of hydrogen-bond acceptors (Lipinski definition) is 1. The molecule has 0 atom stereocenters. The lowest BCUT2D eigenvalue weighted by Gasteiger charge is -2.30. The van der Waals surface area contributed by atoms with Crippen molar-refractivity contribution in [2.24, 2.45) is 0 Å². The maximum Gasteiger partial charge on any atom is 0.00950 e. The highest BCUT2D eigenvalue weighted by Crippen LogP contribution is 2.18. The average Bonchev–Trinajstić information content (AvgIpc) is 2.47. The minimum atomic E-state index is 0.855. The smallest absolute Gasteiger partial charge is 0.00950 e. The van der Waals surface area contributed by atoms with Gasteiger partial charge < -0.3 is 4.90 Å². The molecular formula is C19H41N. The van der Waals surface area contributed by atoms with E-state index >= 15 is 0 Å². The van der Waals surface area contributed by atoms with Gasteiger partial charge >= 0.3 is 0 Å². The molecule has 0 saturated heterocycles. The molecule has 0 heterocycles. The predicted molar refractivity (Wildman–Crippen MR) is 93.5 cm³/mol. The van der Waals surface area contributed by atoms with E-state index in [0.29, 0.717) is 0 Å². The van der Waals surface area contributed by atoms with Crippen LogP contribution in [-0.2, 0) is 0 Å². The van der Waals surface area contributed by atoms with Crippen LogP contribution in [0.2, 0.25) is 0 Å². The zero-order valence-electron chi connectivity index (χ0n) is 14.9. The molecule has 0 aromatic rings. The Morgan fingerprint density at radius 2 is 0.950 bits per heavy atom. The number of unbranched alkanes of at least 4 members (excludes halogenated alkanes) is 8. The first-order valence-electron chi connectivity index (χ1n) is 9.54. The third-order valence-corrected chi connectivity index (χ3v) is 4.61. The maximum absolute atomic E-state index is 2.69. The molecule has 0 radical (unpaired) electrons. The molecule has 0 unspecified atom stereocenters. The summed E-state index contributed by atoms with van der Waals surface area (Å²) in [5, 5.41) is 0. The Morgan fingerprint density at radius 3 is 1.30 bits per heavy atom. The molecule has 1 nitrogen and oxygen atoms in total. The van der Waals surface area contributed by atoms with Gasteiger partial charge in [-0.25, -0.2) is 0 Å². The van der Waals surface area contributed by atoms with E-state index in [1.165, 1.54) is 90.1 Å². The molecule has 0 aliphatic rings. The Labute approximate surface area is 129 Å². The fraction of sp³-hybridized carbons (Fsp3) is 1.00. The van der Waals surface area contributed by atoms with E-state index in [1.54, 1.807) is 0 Å². The van der Waals surface area contributed by atoms with E-state index in [-0.39, 0.29) is 0 Å². The van der Waals surface area contributed by atoms with Gasteiger partial charge in [-0.05, 0) is 25.9 Å². The zero-order valence-corrected chi connectivity index (χ0v) is 14.9. The minimum absolute atomic E-state index is 0.855. The molecule has 1 heteroatoms. The van der Waals surface area contributed by atoms with Gasteiger partial charge in [-0.3, -0.25) is 0 Å². The highest BCUT2D eigenvalue weighted by Gasteiger charge is 2.14. The molecule has 0 aliphatic heterocycles. The SMILES string of the molecule is CCCCCCCC(CCCCCCC)N(CC)CC. The Kier molecular flexibility index (Phi) is 15.3. The third kappa shape index (κ3) is 10.7. The normalized spacial score (nSPS) is 11.7. The Morgan fingerprint density at radius 1 is 0.550 bits per heavy atom. The number of hydrogen-bond donors (Lipinski definition) is 0. The van der Waals surface area contributed by atoms with Gasteiger partial charge in [0.25, 0.3) is 0 Å². The number of rotatable bonds is 15. The first-order valence-corrected chi connectivity index (χ1v) is 9.54. The molecule has 0 aromatic heterocycles. The highest BCUT2D eigenvalue weighted by molar-refractivity contribution is 4.70. The van der Waals surface area contributed by atoms with Gasteiger partial charge in [0.15, 0.2) is 0 Å². The lowest BCUT2D eigenvalue weighted by Crippen LogP contribution is -2.35. The summed E-state index contributed by atoms with van der Waals surface area (Å²) in [5.74, 6) is 0. The predicted octanol–water partition coefficient (Wildman–Crippen LogP) is 6.42. The second kappa shape index (κ2) is 15.4. The highest BCUT2D eigenvalue weighted by atomic mass is 15.1. The monoisotopic (exact) mass is 283 g/mol. The van der Waals surface area contributed by atoms with Crippen LogP contribution in [0.1, 0.15) is 105 Å². The van der Waals surface area contributed by atoms with E-state index in [4.69, 9.17) is 0 Å². The van der Waals surface area contributed by atoms with Crippen molar-refractivity contribution in [3.63, 3.8) is 0 Å². The summed E-state index contributed by atoms with van der Waals surface area (Å²) >= 11 is 0. The van der Waals surface area contributed by atoms with Gasteiger partial charge in [0.2, 0.25) is 0 Å². The van der Waals surface area contributed by atoms with Gasteiger partial charge in [-0.1, -0.05) is 91.9 Å². The second-order valence-electron chi connectivity index (χ2n) is 6.28. The topological polar surface area (TPSA) is 3.24 Å². The van der Waals surface area contributed by atoms with E-state index in [0.717, 1.165) is 6.04 Å². The van der Waals surface area contributed by atoms with Crippen LogP contribution in [0.4, 0.5) is 0 Å². The molecule has 0 aromatic carbocycles. The summed E-state index contributed by atoms with van der Waals surface area (Å²) in [7, 11) is 0. The molecule has 0 aliphatic carbocycles. The van der Waals surface area contributed by atoms with Crippen molar-refractivity contribution in [2.45, 2.75) is 111 Å². The Hall–Kier alpha value is -0.0400. The molecule has 20 heavy (non-hydrogen) atoms. The van der Waals surface area contributed by atoms with Crippen molar-refractivity contribution in [1.82, 2.24) is 4.90 Å². The van der Waals surface area contributed by atoms with Crippen LogP contribution in [-0.4, -0.2) is 24.0 Å². The molecule has 0 saturated carbocycles. The largest absolute Gasteiger partial charge is 0.301 e. The Balaban J connectivity index is 3.88. The van der Waals surface area contributed by atoms with Crippen LogP contribution in [0.25, 0.3) is 0 Å². The Bertz CT molecular complexity index is 161. The minimum Gasteiger partial charge on any atom is -0.301 e. The first kappa shape index (κ1) is 20.0. The van der Waals surface area contributed by atoms with Gasteiger partial charge in [-0.15, -0.1) is 0 Å². The van der Waals surface area contributed by atoms with Crippen molar-refractivity contribution in [2.75, 3.05) is 13.1 Å².